The molecule has 3 aromatic carbocycles. The topological polar surface area (TPSA) is 29.5 Å². The normalized spacial score (nSPS) is 12.0. The smallest absolute Gasteiger partial charge is 0.272 e. The maximum absolute atomic E-state index is 14.6. The Bertz CT molecular complexity index is 807. The lowest BCUT2D eigenvalue weighted by molar-refractivity contribution is -0.0654. The van der Waals surface area contributed by atoms with Gasteiger partial charge in [-0.1, -0.05) is 72.8 Å². The van der Waals surface area contributed by atoms with Gasteiger partial charge in [-0.05, 0) is 28.8 Å². The van der Waals surface area contributed by atoms with Crippen LogP contribution in [0, 0.1) is 0 Å². The molecule has 0 heterocycles. The lowest BCUT2D eigenvalue weighted by Crippen LogP contribution is -2.38. The fourth-order valence-electron chi connectivity index (χ4n) is 3.57. The van der Waals surface area contributed by atoms with Gasteiger partial charge in [0.05, 0.1) is 12.5 Å². The van der Waals surface area contributed by atoms with Gasteiger partial charge >= 0.3 is 0 Å². The molecule has 3 rings (SSSR count). The van der Waals surface area contributed by atoms with Gasteiger partial charge in [-0.25, -0.2) is 8.78 Å². The number of rotatable bonds is 7. The van der Waals surface area contributed by atoms with Crippen LogP contribution in [0.25, 0.3) is 0 Å². The van der Waals surface area contributed by atoms with E-state index in [1.807, 2.05) is 72.8 Å². The van der Waals surface area contributed by atoms with Crippen LogP contribution in [0.3, 0.4) is 0 Å². The van der Waals surface area contributed by atoms with Crippen LogP contribution in [0.4, 0.5) is 8.78 Å². The molecule has 0 amide bonds. The number of alkyl halides is 2. The zero-order valence-corrected chi connectivity index (χ0v) is 15.1. The van der Waals surface area contributed by atoms with Crippen molar-refractivity contribution in [1.82, 2.24) is 0 Å². The van der Waals surface area contributed by atoms with Crippen molar-refractivity contribution in [2.24, 2.45) is 0 Å². The van der Waals surface area contributed by atoms with Crippen molar-refractivity contribution >= 4 is 0 Å². The lowest BCUT2D eigenvalue weighted by atomic mass is 9.66. The summed E-state index contributed by atoms with van der Waals surface area (Å²) in [4.78, 5) is 0. The molecule has 0 atom stereocenters. The predicted molar refractivity (Wildman–Crippen MR) is 102 cm³/mol. The highest BCUT2D eigenvalue weighted by Crippen LogP contribution is 2.46. The molecule has 140 valence electrons. The highest BCUT2D eigenvalue weighted by Gasteiger charge is 2.45. The average molecular weight is 368 g/mol. The molecule has 0 unspecified atom stereocenters. The molecule has 0 aliphatic heterocycles. The Labute approximate surface area is 158 Å². The summed E-state index contributed by atoms with van der Waals surface area (Å²) >= 11 is 0. The van der Waals surface area contributed by atoms with Gasteiger partial charge in [0.2, 0.25) is 0 Å². The molecular formula is C23H22F2O2. The second-order valence-corrected chi connectivity index (χ2v) is 6.56. The molecule has 0 bridgehead atoms. The van der Waals surface area contributed by atoms with Crippen molar-refractivity contribution in [3.05, 3.63) is 102 Å². The molecular weight excluding hydrogens is 346 g/mol. The van der Waals surface area contributed by atoms with Crippen LogP contribution >= 0.6 is 0 Å². The maximum atomic E-state index is 14.6. The molecule has 0 aliphatic carbocycles. The first-order valence-corrected chi connectivity index (χ1v) is 8.76. The van der Waals surface area contributed by atoms with E-state index in [1.54, 1.807) is 19.2 Å². The van der Waals surface area contributed by atoms with Crippen molar-refractivity contribution < 1.29 is 18.6 Å². The van der Waals surface area contributed by atoms with Crippen LogP contribution in [0.2, 0.25) is 0 Å². The summed E-state index contributed by atoms with van der Waals surface area (Å²) in [7, 11) is 1.57. The Kier molecular flexibility index (Phi) is 5.57. The average Bonchev–Trinajstić information content (AvgIpc) is 2.73. The highest BCUT2D eigenvalue weighted by atomic mass is 19.3. The first kappa shape index (κ1) is 19.1. The molecule has 3 aromatic rings. The minimum atomic E-state index is -3.24. The zero-order chi connectivity index (χ0) is 19.3. The van der Waals surface area contributed by atoms with Crippen LogP contribution in [0.5, 0.6) is 5.75 Å². The minimum absolute atomic E-state index is 0.545. The van der Waals surface area contributed by atoms with E-state index < -0.39 is 24.4 Å². The number of hydrogen-bond acceptors (Lipinski definition) is 2. The highest BCUT2D eigenvalue weighted by molar-refractivity contribution is 5.51. The fourth-order valence-corrected chi connectivity index (χ4v) is 3.57. The van der Waals surface area contributed by atoms with E-state index in [-0.39, 0.29) is 0 Å². The van der Waals surface area contributed by atoms with Crippen LogP contribution in [0.15, 0.2) is 84.9 Å². The van der Waals surface area contributed by atoms with Gasteiger partial charge in [-0.15, -0.1) is 0 Å². The van der Waals surface area contributed by atoms with Crippen LogP contribution in [0.1, 0.15) is 23.1 Å². The monoisotopic (exact) mass is 368 g/mol. The second-order valence-electron chi connectivity index (χ2n) is 6.56. The van der Waals surface area contributed by atoms with Gasteiger partial charge in [0.25, 0.3) is 5.92 Å². The Hall–Kier alpha value is -2.72. The molecule has 0 fully saturated rings. The third kappa shape index (κ3) is 3.86. The Morgan fingerprint density at radius 2 is 1.19 bits per heavy atom. The summed E-state index contributed by atoms with van der Waals surface area (Å²) < 4.78 is 34.4. The summed E-state index contributed by atoms with van der Waals surface area (Å²) in [5, 5.41) is 9.31. The number of methoxy groups -OCH3 is 1. The number of aliphatic hydroxyl groups is 1. The van der Waals surface area contributed by atoms with Crippen molar-refractivity contribution in [3.8, 4) is 5.75 Å². The molecule has 0 aliphatic rings. The van der Waals surface area contributed by atoms with E-state index >= 15 is 0 Å². The van der Waals surface area contributed by atoms with Gasteiger partial charge in [-0.2, -0.15) is 0 Å². The Balaban J connectivity index is 2.30. The summed E-state index contributed by atoms with van der Waals surface area (Å²) in [6.45, 7) is -1.20. The summed E-state index contributed by atoms with van der Waals surface area (Å²) in [5.74, 6) is -2.59. The number of halogens is 2. The fraction of sp³-hybridized carbons (Fsp3) is 0.217. The van der Waals surface area contributed by atoms with E-state index in [1.165, 1.54) is 0 Å². The van der Waals surface area contributed by atoms with E-state index in [0.717, 1.165) is 11.1 Å². The third-order valence-electron chi connectivity index (χ3n) is 4.87. The van der Waals surface area contributed by atoms with Gasteiger partial charge in [0.15, 0.2) is 0 Å². The molecule has 2 nitrogen and oxygen atoms in total. The van der Waals surface area contributed by atoms with Gasteiger partial charge in [0.1, 0.15) is 12.4 Å². The maximum Gasteiger partial charge on any atom is 0.272 e. The minimum Gasteiger partial charge on any atom is -0.497 e. The molecule has 1 N–H and O–H groups in total. The van der Waals surface area contributed by atoms with Crippen molar-refractivity contribution in [2.75, 3.05) is 13.7 Å². The SMILES string of the molecule is COc1ccc(C(CC(F)(F)CO)(c2ccccc2)c2ccccc2)cc1. The molecule has 27 heavy (non-hydrogen) atoms. The van der Waals surface area contributed by atoms with E-state index in [2.05, 4.69) is 0 Å². The number of benzene rings is 3. The number of ether oxygens (including phenoxy) is 1. The van der Waals surface area contributed by atoms with E-state index in [9.17, 15) is 13.9 Å². The number of hydrogen-bond donors (Lipinski definition) is 1. The zero-order valence-electron chi connectivity index (χ0n) is 15.1. The van der Waals surface area contributed by atoms with E-state index in [4.69, 9.17) is 4.74 Å². The quantitative estimate of drug-likeness (QED) is 0.592. The summed E-state index contributed by atoms with van der Waals surface area (Å²) in [5.41, 5.74) is 1.10. The van der Waals surface area contributed by atoms with Gasteiger partial charge in [-0.3, -0.25) is 0 Å². The molecule has 0 aromatic heterocycles. The van der Waals surface area contributed by atoms with Crippen LogP contribution < -0.4 is 4.74 Å². The molecule has 0 saturated carbocycles. The predicted octanol–water partition coefficient (Wildman–Crippen LogP) is 5.05. The molecule has 4 heteroatoms. The lowest BCUT2D eigenvalue weighted by Gasteiger charge is -2.38. The molecule has 0 radical (unpaired) electrons. The van der Waals surface area contributed by atoms with Gasteiger partial charge < -0.3 is 9.84 Å². The first-order valence-electron chi connectivity index (χ1n) is 8.76. The van der Waals surface area contributed by atoms with Gasteiger partial charge in [0, 0.05) is 6.42 Å². The van der Waals surface area contributed by atoms with Crippen molar-refractivity contribution in [1.29, 1.82) is 0 Å². The van der Waals surface area contributed by atoms with Crippen LogP contribution in [-0.2, 0) is 5.41 Å². The van der Waals surface area contributed by atoms with Crippen molar-refractivity contribution in [3.63, 3.8) is 0 Å². The molecule has 0 spiro atoms. The van der Waals surface area contributed by atoms with Crippen LogP contribution in [-0.4, -0.2) is 24.7 Å². The summed E-state index contributed by atoms with van der Waals surface area (Å²) in [6.07, 6.45) is -0.545. The second kappa shape index (κ2) is 7.89. The van der Waals surface area contributed by atoms with E-state index in [0.29, 0.717) is 11.3 Å². The Morgan fingerprint density at radius 3 is 1.59 bits per heavy atom. The molecule has 0 saturated heterocycles. The largest absolute Gasteiger partial charge is 0.497 e. The summed E-state index contributed by atoms with van der Waals surface area (Å²) in [6, 6.07) is 25.7. The van der Waals surface area contributed by atoms with Crippen molar-refractivity contribution in [2.45, 2.75) is 17.8 Å². The Morgan fingerprint density at radius 1 is 0.741 bits per heavy atom. The standard InChI is InChI=1S/C23H22F2O2/c1-27-21-14-12-20(13-15-21)23(16-22(24,25)17-26,18-8-4-2-5-9-18)19-10-6-3-7-11-19/h2-15,26H,16-17H2,1H3. The third-order valence-corrected chi connectivity index (χ3v) is 4.87. The first-order chi connectivity index (χ1) is 13.0. The number of aliphatic hydroxyl groups excluding tert-OH is 1.